The van der Waals surface area contributed by atoms with Crippen molar-refractivity contribution in [1.82, 2.24) is 9.78 Å². The number of hydrogen-bond acceptors (Lipinski definition) is 3. The summed E-state index contributed by atoms with van der Waals surface area (Å²) in [6.45, 7) is 6.62. The van der Waals surface area contributed by atoms with E-state index >= 15 is 0 Å². The Balaban J connectivity index is 2.56. The van der Waals surface area contributed by atoms with Crippen LogP contribution in [0, 0.1) is 12.8 Å². The second kappa shape index (κ2) is 5.03. The SMILES string of the molecule is Cc1nn(CC(C)C)c(C2(C=O)C=CC=CC2)c1O. The molecular formula is C15H20N2O2. The third-order valence-electron chi connectivity index (χ3n) is 3.38. The molecule has 4 heteroatoms. The van der Waals surface area contributed by atoms with Crippen LogP contribution in [-0.2, 0) is 16.8 Å². The zero-order valence-electron chi connectivity index (χ0n) is 11.6. The first-order valence-electron chi connectivity index (χ1n) is 6.57. The van der Waals surface area contributed by atoms with Gasteiger partial charge in [0.15, 0.2) is 5.75 Å². The van der Waals surface area contributed by atoms with Gasteiger partial charge in [0.1, 0.15) is 12.0 Å². The van der Waals surface area contributed by atoms with Crippen LogP contribution in [0.3, 0.4) is 0 Å². The first kappa shape index (κ1) is 13.6. The molecule has 0 fully saturated rings. The van der Waals surface area contributed by atoms with E-state index in [9.17, 15) is 9.90 Å². The van der Waals surface area contributed by atoms with E-state index in [0.29, 0.717) is 30.3 Å². The van der Waals surface area contributed by atoms with Crippen molar-refractivity contribution in [3.05, 3.63) is 35.7 Å². The van der Waals surface area contributed by atoms with Crippen molar-refractivity contribution in [2.75, 3.05) is 0 Å². The third kappa shape index (κ3) is 2.35. The average Bonchev–Trinajstić information content (AvgIpc) is 2.65. The van der Waals surface area contributed by atoms with Gasteiger partial charge in [0, 0.05) is 6.54 Å². The van der Waals surface area contributed by atoms with Gasteiger partial charge in [0.25, 0.3) is 0 Å². The fourth-order valence-electron chi connectivity index (χ4n) is 2.47. The molecule has 1 unspecified atom stereocenters. The first-order valence-corrected chi connectivity index (χ1v) is 6.57. The van der Waals surface area contributed by atoms with Gasteiger partial charge in [-0.1, -0.05) is 38.2 Å². The molecule has 0 amide bonds. The Kier molecular flexibility index (Phi) is 3.60. The van der Waals surface area contributed by atoms with E-state index in [0.717, 1.165) is 6.29 Å². The first-order chi connectivity index (χ1) is 9.00. The normalized spacial score (nSPS) is 22.1. The van der Waals surface area contributed by atoms with Gasteiger partial charge in [-0.15, -0.1) is 0 Å². The Morgan fingerprint density at radius 3 is 2.79 bits per heavy atom. The molecule has 0 aromatic carbocycles. The summed E-state index contributed by atoms with van der Waals surface area (Å²) < 4.78 is 1.77. The fraction of sp³-hybridized carbons (Fsp3) is 0.467. The molecule has 1 N–H and O–H groups in total. The molecule has 1 aliphatic rings. The molecule has 1 heterocycles. The summed E-state index contributed by atoms with van der Waals surface area (Å²) in [5.41, 5.74) is 0.378. The lowest BCUT2D eigenvalue weighted by molar-refractivity contribution is -0.111. The predicted molar refractivity (Wildman–Crippen MR) is 74.1 cm³/mol. The van der Waals surface area contributed by atoms with E-state index in [1.54, 1.807) is 11.6 Å². The summed E-state index contributed by atoms with van der Waals surface area (Å²) in [6.07, 6.45) is 9.00. The van der Waals surface area contributed by atoms with E-state index in [2.05, 4.69) is 18.9 Å². The van der Waals surface area contributed by atoms with E-state index in [4.69, 9.17) is 0 Å². The summed E-state index contributed by atoms with van der Waals surface area (Å²) in [6, 6.07) is 0. The number of aldehydes is 1. The van der Waals surface area contributed by atoms with E-state index in [1.165, 1.54) is 0 Å². The van der Waals surface area contributed by atoms with Gasteiger partial charge in [0.2, 0.25) is 0 Å². The minimum Gasteiger partial charge on any atom is -0.504 e. The highest BCUT2D eigenvalue weighted by Crippen LogP contribution is 2.38. The zero-order chi connectivity index (χ0) is 14.0. The van der Waals surface area contributed by atoms with E-state index < -0.39 is 5.41 Å². The minimum atomic E-state index is -0.797. The van der Waals surface area contributed by atoms with Crippen molar-refractivity contribution in [3.8, 4) is 5.75 Å². The lowest BCUT2D eigenvalue weighted by Crippen LogP contribution is -2.30. The molecule has 1 atom stereocenters. The topological polar surface area (TPSA) is 55.1 Å². The maximum absolute atomic E-state index is 11.6. The molecule has 19 heavy (non-hydrogen) atoms. The van der Waals surface area contributed by atoms with Crippen LogP contribution >= 0.6 is 0 Å². The molecule has 0 bridgehead atoms. The second-order valence-corrected chi connectivity index (χ2v) is 5.51. The minimum absolute atomic E-state index is 0.132. The largest absolute Gasteiger partial charge is 0.504 e. The number of nitrogens with zero attached hydrogens (tertiary/aromatic N) is 2. The van der Waals surface area contributed by atoms with Crippen LogP contribution in [-0.4, -0.2) is 21.2 Å². The number of allylic oxidation sites excluding steroid dienone is 4. The van der Waals surface area contributed by atoms with Gasteiger partial charge in [0.05, 0.1) is 11.1 Å². The second-order valence-electron chi connectivity index (χ2n) is 5.51. The Labute approximate surface area is 113 Å². The molecule has 0 aliphatic heterocycles. The predicted octanol–water partition coefficient (Wildman–Crippen LogP) is 2.51. The fourth-order valence-corrected chi connectivity index (χ4v) is 2.47. The Hall–Kier alpha value is -1.84. The number of aromatic nitrogens is 2. The van der Waals surface area contributed by atoms with Crippen molar-refractivity contribution in [1.29, 1.82) is 0 Å². The highest BCUT2D eigenvalue weighted by Gasteiger charge is 2.36. The monoisotopic (exact) mass is 260 g/mol. The molecule has 1 aromatic heterocycles. The summed E-state index contributed by atoms with van der Waals surface area (Å²) in [7, 11) is 0. The molecule has 1 aliphatic carbocycles. The van der Waals surface area contributed by atoms with Gasteiger partial charge < -0.3 is 9.90 Å². The molecular weight excluding hydrogens is 240 g/mol. The molecule has 102 valence electrons. The molecule has 0 saturated heterocycles. The van der Waals surface area contributed by atoms with E-state index in [1.807, 2.05) is 24.3 Å². The molecule has 0 radical (unpaired) electrons. The van der Waals surface area contributed by atoms with Crippen LogP contribution < -0.4 is 0 Å². The highest BCUT2D eigenvalue weighted by atomic mass is 16.3. The number of carbonyl (C=O) groups is 1. The van der Waals surface area contributed by atoms with Gasteiger partial charge in [-0.25, -0.2) is 0 Å². The third-order valence-corrected chi connectivity index (χ3v) is 3.38. The van der Waals surface area contributed by atoms with Gasteiger partial charge in [-0.2, -0.15) is 5.10 Å². The lowest BCUT2D eigenvalue weighted by atomic mass is 9.79. The zero-order valence-corrected chi connectivity index (χ0v) is 11.6. The van der Waals surface area contributed by atoms with Crippen molar-refractivity contribution in [2.45, 2.75) is 39.2 Å². The van der Waals surface area contributed by atoms with Crippen molar-refractivity contribution >= 4 is 6.29 Å². The van der Waals surface area contributed by atoms with Crippen LogP contribution in [0.5, 0.6) is 5.75 Å². The van der Waals surface area contributed by atoms with Gasteiger partial charge >= 0.3 is 0 Å². The molecule has 4 nitrogen and oxygen atoms in total. The Morgan fingerprint density at radius 1 is 1.53 bits per heavy atom. The van der Waals surface area contributed by atoms with Crippen LogP contribution in [0.2, 0.25) is 0 Å². The van der Waals surface area contributed by atoms with Crippen LogP contribution in [0.25, 0.3) is 0 Å². The molecule has 0 saturated carbocycles. The van der Waals surface area contributed by atoms with Crippen molar-refractivity contribution in [3.63, 3.8) is 0 Å². The number of hydrogen-bond donors (Lipinski definition) is 1. The standard InChI is InChI=1S/C15H20N2O2/c1-11(2)9-17-14(13(19)12(3)16-17)15(10-18)7-5-4-6-8-15/h4-7,10-11,19H,8-9H2,1-3H3. The van der Waals surface area contributed by atoms with Crippen LogP contribution in [0.4, 0.5) is 0 Å². The summed E-state index contributed by atoms with van der Waals surface area (Å²) in [4.78, 5) is 11.6. The summed E-state index contributed by atoms with van der Waals surface area (Å²) in [5, 5.41) is 14.6. The number of carbonyl (C=O) groups excluding carboxylic acids is 1. The molecule has 0 spiro atoms. The van der Waals surface area contributed by atoms with E-state index in [-0.39, 0.29) is 5.75 Å². The number of aryl methyl sites for hydroxylation is 1. The summed E-state index contributed by atoms with van der Waals surface area (Å²) >= 11 is 0. The molecule has 1 aromatic rings. The van der Waals surface area contributed by atoms with Crippen LogP contribution in [0.15, 0.2) is 24.3 Å². The quantitative estimate of drug-likeness (QED) is 0.846. The average molecular weight is 260 g/mol. The number of rotatable bonds is 4. The maximum atomic E-state index is 11.6. The smallest absolute Gasteiger partial charge is 0.161 e. The van der Waals surface area contributed by atoms with Crippen LogP contribution in [0.1, 0.15) is 31.7 Å². The van der Waals surface area contributed by atoms with Crippen molar-refractivity contribution in [2.24, 2.45) is 5.92 Å². The summed E-state index contributed by atoms with van der Waals surface area (Å²) in [5.74, 6) is 0.525. The van der Waals surface area contributed by atoms with Crippen molar-refractivity contribution < 1.29 is 9.90 Å². The Morgan fingerprint density at radius 2 is 2.26 bits per heavy atom. The van der Waals surface area contributed by atoms with Gasteiger partial charge in [-0.05, 0) is 19.3 Å². The van der Waals surface area contributed by atoms with Gasteiger partial charge in [-0.3, -0.25) is 4.68 Å². The Bertz CT molecular complexity index is 541. The maximum Gasteiger partial charge on any atom is 0.161 e. The highest BCUT2D eigenvalue weighted by molar-refractivity contribution is 5.74. The number of aromatic hydroxyl groups is 1. The lowest BCUT2D eigenvalue weighted by Gasteiger charge is -2.26. The molecule has 2 rings (SSSR count).